The first kappa shape index (κ1) is 22.3. The summed E-state index contributed by atoms with van der Waals surface area (Å²) in [5.74, 6) is -4.24. The van der Waals surface area contributed by atoms with Crippen LogP contribution >= 0.6 is 23.1 Å². The van der Waals surface area contributed by atoms with Gasteiger partial charge in [0.2, 0.25) is 11.8 Å². The molecule has 1 fully saturated rings. The maximum Gasteiger partial charge on any atom is 0.338 e. The normalized spacial score (nSPS) is 22.0. The number of H-pyrrole nitrogens is 1. The van der Waals surface area contributed by atoms with Gasteiger partial charge in [-0.3, -0.25) is 19.2 Å². The molecule has 2 aliphatic rings. The number of imide groups is 1. The molecule has 168 valence electrons. The van der Waals surface area contributed by atoms with E-state index >= 15 is 0 Å². The van der Waals surface area contributed by atoms with Gasteiger partial charge in [-0.25, -0.2) is 9.69 Å². The molecule has 1 aromatic carbocycles. The topological polar surface area (TPSA) is 123 Å². The second-order valence-corrected chi connectivity index (χ2v) is 9.68. The van der Waals surface area contributed by atoms with E-state index < -0.39 is 46.9 Å². The molecule has 2 aromatic rings. The van der Waals surface area contributed by atoms with E-state index in [0.717, 1.165) is 28.0 Å². The molecule has 32 heavy (non-hydrogen) atoms. The van der Waals surface area contributed by atoms with Gasteiger partial charge in [0.05, 0.1) is 39.8 Å². The Kier molecular flexibility index (Phi) is 5.95. The number of hydrogen-bond acceptors (Lipinski definition) is 9. The number of nitrogens with zero attached hydrogens (tertiary/aromatic N) is 1. The lowest BCUT2D eigenvalue weighted by Gasteiger charge is -2.28. The second kappa shape index (κ2) is 8.55. The van der Waals surface area contributed by atoms with E-state index in [9.17, 15) is 24.0 Å². The molecule has 2 aliphatic heterocycles. The number of esters is 2. The first-order valence-electron chi connectivity index (χ1n) is 9.98. The third-order valence-electron chi connectivity index (χ3n) is 5.07. The van der Waals surface area contributed by atoms with Crippen LogP contribution in [0, 0.1) is 5.92 Å². The summed E-state index contributed by atoms with van der Waals surface area (Å²) in [4.78, 5) is 67.1. The maximum absolute atomic E-state index is 13.4. The fourth-order valence-electron chi connectivity index (χ4n) is 3.79. The molecule has 0 bridgehead atoms. The summed E-state index contributed by atoms with van der Waals surface area (Å²) < 4.78 is 10.3. The van der Waals surface area contributed by atoms with Crippen molar-refractivity contribution < 1.29 is 28.7 Å². The fraction of sp³-hybridized carbons (Fsp3) is 0.381. The van der Waals surface area contributed by atoms with Crippen molar-refractivity contribution in [1.29, 1.82) is 0 Å². The van der Waals surface area contributed by atoms with Crippen LogP contribution in [0.3, 0.4) is 0 Å². The molecule has 0 aliphatic carbocycles. The predicted molar refractivity (Wildman–Crippen MR) is 117 cm³/mol. The molecule has 1 aromatic heterocycles. The van der Waals surface area contributed by atoms with Crippen LogP contribution in [0.4, 0.5) is 5.69 Å². The third-order valence-corrected chi connectivity index (χ3v) is 7.47. The number of aromatic nitrogens is 1. The van der Waals surface area contributed by atoms with Gasteiger partial charge in [-0.15, -0.1) is 0 Å². The van der Waals surface area contributed by atoms with Gasteiger partial charge in [-0.05, 0) is 45.0 Å². The predicted octanol–water partition coefficient (Wildman–Crippen LogP) is 2.31. The van der Waals surface area contributed by atoms with Gasteiger partial charge in [0.1, 0.15) is 11.2 Å². The molecule has 1 saturated heterocycles. The second-order valence-electron chi connectivity index (χ2n) is 7.51. The van der Waals surface area contributed by atoms with Gasteiger partial charge in [0.15, 0.2) is 0 Å². The summed E-state index contributed by atoms with van der Waals surface area (Å²) >= 11 is 1.92. The monoisotopic (exact) mass is 476 g/mol. The van der Waals surface area contributed by atoms with Crippen molar-refractivity contribution in [2.75, 3.05) is 11.5 Å². The number of aromatic amines is 1. The van der Waals surface area contributed by atoms with Crippen molar-refractivity contribution in [3.8, 4) is 0 Å². The highest BCUT2D eigenvalue weighted by molar-refractivity contribution is 8.00. The molecule has 1 N–H and O–H groups in total. The number of thioether (sulfide) groups is 1. The lowest BCUT2D eigenvalue weighted by Crippen LogP contribution is -2.36. The Morgan fingerprint density at radius 1 is 1.12 bits per heavy atom. The average molecular weight is 477 g/mol. The number of nitrogens with one attached hydrogen (secondary N) is 1. The highest BCUT2D eigenvalue weighted by atomic mass is 32.2. The molecule has 0 unspecified atom stereocenters. The van der Waals surface area contributed by atoms with E-state index in [2.05, 4.69) is 4.98 Å². The maximum atomic E-state index is 13.4. The number of benzene rings is 1. The minimum absolute atomic E-state index is 0.227. The Balaban J connectivity index is 1.70. The molecular weight excluding hydrogens is 456 g/mol. The van der Waals surface area contributed by atoms with Gasteiger partial charge in [-0.2, -0.15) is 0 Å². The van der Waals surface area contributed by atoms with E-state index in [1.54, 1.807) is 20.8 Å². The quantitative estimate of drug-likeness (QED) is 0.515. The lowest BCUT2D eigenvalue weighted by atomic mass is 9.88. The van der Waals surface area contributed by atoms with Crippen LogP contribution in [0.1, 0.15) is 41.9 Å². The number of rotatable bonds is 5. The van der Waals surface area contributed by atoms with Crippen molar-refractivity contribution in [3.05, 3.63) is 44.4 Å². The number of anilines is 1. The summed E-state index contributed by atoms with van der Waals surface area (Å²) in [7, 11) is 0. The summed E-state index contributed by atoms with van der Waals surface area (Å²) in [6, 6.07) is 5.93. The first-order chi connectivity index (χ1) is 15.2. The van der Waals surface area contributed by atoms with E-state index in [4.69, 9.17) is 9.47 Å². The van der Waals surface area contributed by atoms with Gasteiger partial charge in [0.25, 0.3) is 0 Å². The van der Waals surface area contributed by atoms with Crippen LogP contribution in [0.2, 0.25) is 0 Å². The van der Waals surface area contributed by atoms with Crippen LogP contribution in [-0.2, 0) is 23.9 Å². The van der Waals surface area contributed by atoms with Crippen molar-refractivity contribution in [2.45, 2.75) is 43.1 Å². The minimum atomic E-state index is -1.05. The van der Waals surface area contributed by atoms with E-state index in [1.165, 1.54) is 24.3 Å². The Morgan fingerprint density at radius 3 is 2.44 bits per heavy atom. The Morgan fingerprint density at radius 2 is 1.81 bits per heavy atom. The molecule has 9 nitrogen and oxygen atoms in total. The number of carbonyl (C=O) groups is 4. The molecule has 0 saturated carbocycles. The molecule has 3 atom stereocenters. The third kappa shape index (κ3) is 3.75. The molecule has 0 spiro atoms. The average Bonchev–Trinajstić information content (AvgIpc) is 3.22. The van der Waals surface area contributed by atoms with Crippen molar-refractivity contribution in [3.63, 3.8) is 0 Å². The Hall–Kier alpha value is -2.92. The highest BCUT2D eigenvalue weighted by Gasteiger charge is 2.58. The largest absolute Gasteiger partial charge is 0.462 e. The number of amides is 2. The van der Waals surface area contributed by atoms with Gasteiger partial charge in [0, 0.05) is 0 Å². The van der Waals surface area contributed by atoms with Gasteiger partial charge >= 0.3 is 16.8 Å². The summed E-state index contributed by atoms with van der Waals surface area (Å²) in [6.07, 6.45) is -0.423. The van der Waals surface area contributed by atoms with E-state index in [1.807, 2.05) is 0 Å². The molecule has 4 rings (SSSR count). The number of ether oxygens (including phenoxy) is 2. The zero-order chi connectivity index (χ0) is 23.2. The number of fused-ring (bicyclic) bond motifs is 2. The van der Waals surface area contributed by atoms with Crippen LogP contribution in [0.5, 0.6) is 0 Å². The first-order valence-corrected chi connectivity index (χ1v) is 11.7. The molecule has 11 heteroatoms. The van der Waals surface area contributed by atoms with E-state index in [-0.39, 0.29) is 17.2 Å². The number of carbonyl (C=O) groups excluding carboxylic acids is 4. The summed E-state index contributed by atoms with van der Waals surface area (Å²) in [5, 5.41) is -0.470. The number of thiazole rings is 1. The SMILES string of the molecule is CCOC(=O)c1ccc(N2C(=O)[C@H]3[C@H](C(=O)OC(C)C)c4sc(=O)[nH]c4S[C@H]3C2=O)cc1. The minimum Gasteiger partial charge on any atom is -0.462 e. The summed E-state index contributed by atoms with van der Waals surface area (Å²) in [5.41, 5.74) is 0.579. The van der Waals surface area contributed by atoms with Crippen molar-refractivity contribution in [1.82, 2.24) is 4.98 Å². The molecule has 2 amide bonds. The van der Waals surface area contributed by atoms with Crippen LogP contribution in [0.25, 0.3) is 0 Å². The fourth-order valence-corrected chi connectivity index (χ4v) is 6.27. The molecule has 0 radical (unpaired) electrons. The molecular formula is C21H20N2O7S2. The van der Waals surface area contributed by atoms with Crippen LogP contribution in [0.15, 0.2) is 34.1 Å². The van der Waals surface area contributed by atoms with Gasteiger partial charge in [-0.1, -0.05) is 23.1 Å². The number of hydrogen-bond donors (Lipinski definition) is 1. The Bertz CT molecular complexity index is 1150. The Labute approximate surface area is 191 Å². The zero-order valence-corrected chi connectivity index (χ0v) is 19.1. The van der Waals surface area contributed by atoms with Gasteiger partial charge < -0.3 is 14.5 Å². The van der Waals surface area contributed by atoms with Crippen LogP contribution in [-0.4, -0.2) is 46.7 Å². The van der Waals surface area contributed by atoms with Crippen LogP contribution < -0.4 is 9.77 Å². The smallest absolute Gasteiger partial charge is 0.338 e. The van der Waals surface area contributed by atoms with E-state index in [0.29, 0.717) is 15.5 Å². The zero-order valence-electron chi connectivity index (χ0n) is 17.4. The summed E-state index contributed by atoms with van der Waals surface area (Å²) in [6.45, 7) is 5.29. The standard InChI is InChI=1S/C21H20N2O7S2/c1-4-29-19(26)10-5-7-11(8-6-10)23-17(24)12-13(20(27)30-9(2)3)14-16(22-21(28)32-14)31-15(12)18(23)25/h5-9,12-13,15H,4H2,1-3H3,(H,22,28)/t12-,13-,15+/m0/s1. The van der Waals surface area contributed by atoms with Crippen molar-refractivity contribution in [2.24, 2.45) is 5.92 Å². The molecule has 3 heterocycles. The van der Waals surface area contributed by atoms with Crippen molar-refractivity contribution >= 4 is 52.5 Å². The highest BCUT2D eigenvalue weighted by Crippen LogP contribution is 2.51. The lowest BCUT2D eigenvalue weighted by molar-refractivity contribution is -0.152.